The van der Waals surface area contributed by atoms with E-state index in [0.29, 0.717) is 24.6 Å². The highest BCUT2D eigenvalue weighted by Gasteiger charge is 2.26. The van der Waals surface area contributed by atoms with Gasteiger partial charge in [0.25, 0.3) is 5.91 Å². The van der Waals surface area contributed by atoms with Crippen LogP contribution in [-0.4, -0.2) is 43.4 Å². The first kappa shape index (κ1) is 19.4. The normalized spacial score (nSPS) is 18.3. The second kappa shape index (κ2) is 8.65. The van der Waals surface area contributed by atoms with Crippen LogP contribution in [0.15, 0.2) is 46.9 Å². The number of hydrogen-bond acceptors (Lipinski definition) is 7. The standard InChI is InChI=1S/C21H24N4O3S/c1-27-16-9-7-15(8-10-16)21(26)25-11-3-4-14(12-25)13-28-18-6-2-5-17-19(18)20(22)24-29-23-17/h2,5-10,14,23H,3-4,11-13H2,1H3,(H2,22,24)/t14-/m0/s1. The molecule has 2 aromatic carbocycles. The van der Waals surface area contributed by atoms with Gasteiger partial charge >= 0.3 is 0 Å². The smallest absolute Gasteiger partial charge is 0.253 e. The summed E-state index contributed by atoms with van der Waals surface area (Å²) < 4.78 is 18.6. The highest BCUT2D eigenvalue weighted by atomic mass is 32.2. The Morgan fingerprint density at radius 2 is 2.14 bits per heavy atom. The van der Waals surface area contributed by atoms with Crippen LogP contribution in [-0.2, 0) is 0 Å². The summed E-state index contributed by atoms with van der Waals surface area (Å²) in [7, 11) is 1.62. The minimum atomic E-state index is 0.0482. The molecule has 4 rings (SSSR count). The van der Waals surface area contributed by atoms with Crippen LogP contribution in [0.5, 0.6) is 11.5 Å². The molecule has 0 saturated carbocycles. The number of piperidine rings is 1. The van der Waals surface area contributed by atoms with E-state index in [1.54, 1.807) is 7.11 Å². The second-order valence-electron chi connectivity index (χ2n) is 7.15. The summed E-state index contributed by atoms with van der Waals surface area (Å²) in [6.07, 6.45) is 1.99. The van der Waals surface area contributed by atoms with Crippen LogP contribution in [0.25, 0.3) is 0 Å². The molecule has 1 fully saturated rings. The van der Waals surface area contributed by atoms with Gasteiger partial charge in [-0.1, -0.05) is 6.07 Å². The predicted octanol–water partition coefficient (Wildman–Crippen LogP) is 3.32. The number of fused-ring (bicyclic) bond motifs is 1. The molecule has 1 atom stereocenters. The molecule has 29 heavy (non-hydrogen) atoms. The highest BCUT2D eigenvalue weighted by molar-refractivity contribution is 7.99. The molecular formula is C21H24N4O3S. The van der Waals surface area contributed by atoms with Gasteiger partial charge in [0.2, 0.25) is 0 Å². The summed E-state index contributed by atoms with van der Waals surface area (Å²) in [5.74, 6) is 2.24. The van der Waals surface area contributed by atoms with Crippen molar-refractivity contribution >= 4 is 29.6 Å². The molecule has 1 saturated heterocycles. The van der Waals surface area contributed by atoms with Crippen molar-refractivity contribution < 1.29 is 14.3 Å². The SMILES string of the molecule is COc1ccc(C(=O)N2CCC[C@H](COc3cccc4c3C(N)=NSN4)C2)cc1. The molecule has 3 N–H and O–H groups in total. The zero-order valence-electron chi connectivity index (χ0n) is 16.3. The van der Waals surface area contributed by atoms with Gasteiger partial charge in [-0.25, -0.2) is 0 Å². The van der Waals surface area contributed by atoms with E-state index >= 15 is 0 Å². The van der Waals surface area contributed by atoms with Crippen LogP contribution < -0.4 is 19.9 Å². The lowest BCUT2D eigenvalue weighted by molar-refractivity contribution is 0.0633. The summed E-state index contributed by atoms with van der Waals surface area (Å²) in [6.45, 7) is 1.98. The second-order valence-corrected chi connectivity index (χ2v) is 7.72. The minimum absolute atomic E-state index is 0.0482. The van der Waals surface area contributed by atoms with Crippen molar-refractivity contribution in [3.05, 3.63) is 53.6 Å². The third-order valence-corrected chi connectivity index (χ3v) is 5.80. The van der Waals surface area contributed by atoms with Gasteiger partial charge in [0, 0.05) is 24.6 Å². The monoisotopic (exact) mass is 412 g/mol. The van der Waals surface area contributed by atoms with Crippen molar-refractivity contribution in [2.75, 3.05) is 31.5 Å². The Kier molecular flexibility index (Phi) is 5.80. The van der Waals surface area contributed by atoms with Crippen molar-refractivity contribution in [1.82, 2.24) is 4.90 Å². The van der Waals surface area contributed by atoms with Gasteiger partial charge in [0.15, 0.2) is 0 Å². The molecule has 0 aromatic heterocycles. The van der Waals surface area contributed by atoms with Gasteiger partial charge in [-0.2, -0.15) is 4.40 Å². The average Bonchev–Trinajstić information content (AvgIpc) is 2.77. The van der Waals surface area contributed by atoms with E-state index in [0.717, 1.165) is 42.1 Å². The van der Waals surface area contributed by atoms with Gasteiger partial charge < -0.3 is 24.8 Å². The van der Waals surface area contributed by atoms with Crippen LogP contribution in [0, 0.1) is 5.92 Å². The zero-order valence-corrected chi connectivity index (χ0v) is 17.1. The number of nitrogens with one attached hydrogen (secondary N) is 1. The molecule has 0 spiro atoms. The van der Waals surface area contributed by atoms with Crippen molar-refractivity contribution in [2.45, 2.75) is 12.8 Å². The van der Waals surface area contributed by atoms with Crippen LogP contribution >= 0.6 is 12.1 Å². The fourth-order valence-electron chi connectivity index (χ4n) is 3.68. The fourth-order valence-corrected chi connectivity index (χ4v) is 4.18. The molecule has 8 heteroatoms. The lowest BCUT2D eigenvalue weighted by Gasteiger charge is -2.33. The number of methoxy groups -OCH3 is 1. The number of carbonyl (C=O) groups excluding carboxylic acids is 1. The maximum Gasteiger partial charge on any atom is 0.253 e. The number of rotatable bonds is 5. The third-order valence-electron chi connectivity index (χ3n) is 5.20. The molecule has 2 heterocycles. The Morgan fingerprint density at radius 3 is 2.93 bits per heavy atom. The van der Waals surface area contributed by atoms with E-state index in [9.17, 15) is 4.79 Å². The van der Waals surface area contributed by atoms with Gasteiger partial charge in [-0.05, 0) is 49.2 Å². The quantitative estimate of drug-likeness (QED) is 0.733. The first-order chi connectivity index (χ1) is 14.2. The van der Waals surface area contributed by atoms with Crippen LogP contribution in [0.1, 0.15) is 28.8 Å². The fraction of sp³-hybridized carbons (Fsp3) is 0.333. The van der Waals surface area contributed by atoms with Crippen molar-refractivity contribution in [1.29, 1.82) is 0 Å². The Morgan fingerprint density at radius 1 is 1.31 bits per heavy atom. The van der Waals surface area contributed by atoms with E-state index < -0.39 is 0 Å². The number of nitrogens with two attached hydrogens (primary N) is 1. The maximum absolute atomic E-state index is 12.9. The summed E-state index contributed by atoms with van der Waals surface area (Å²) in [4.78, 5) is 14.8. The van der Waals surface area contributed by atoms with E-state index in [2.05, 4.69) is 9.12 Å². The predicted molar refractivity (Wildman–Crippen MR) is 115 cm³/mol. The molecule has 0 aliphatic carbocycles. The third kappa shape index (κ3) is 4.27. The number of likely N-dealkylation sites (tertiary alicyclic amines) is 1. The van der Waals surface area contributed by atoms with Crippen LogP contribution in [0.4, 0.5) is 5.69 Å². The Balaban J connectivity index is 1.40. The largest absolute Gasteiger partial charge is 0.497 e. The molecule has 0 bridgehead atoms. The molecule has 2 aliphatic heterocycles. The number of ether oxygens (including phenoxy) is 2. The van der Waals surface area contributed by atoms with E-state index in [-0.39, 0.29) is 11.8 Å². The van der Waals surface area contributed by atoms with Gasteiger partial charge in [-0.3, -0.25) is 4.79 Å². The molecule has 7 nitrogen and oxygen atoms in total. The molecule has 2 aromatic rings. The molecule has 2 aliphatic rings. The number of benzene rings is 2. The van der Waals surface area contributed by atoms with Gasteiger partial charge in [0.05, 0.1) is 37.1 Å². The Hall–Kier alpha value is -2.87. The zero-order chi connectivity index (χ0) is 20.2. The number of amidine groups is 1. The lowest BCUT2D eigenvalue weighted by atomic mass is 9.98. The van der Waals surface area contributed by atoms with Crippen LogP contribution in [0.2, 0.25) is 0 Å². The number of anilines is 1. The number of hydrogen-bond donors (Lipinski definition) is 2. The van der Waals surface area contributed by atoms with Gasteiger partial charge in [-0.15, -0.1) is 0 Å². The van der Waals surface area contributed by atoms with Crippen molar-refractivity contribution in [2.24, 2.45) is 16.0 Å². The van der Waals surface area contributed by atoms with E-state index in [1.165, 1.54) is 12.1 Å². The number of nitrogens with zero attached hydrogens (tertiary/aromatic N) is 2. The molecule has 152 valence electrons. The summed E-state index contributed by atoms with van der Waals surface area (Å²) >= 11 is 1.21. The first-order valence-corrected chi connectivity index (χ1v) is 10.4. The van der Waals surface area contributed by atoms with Crippen molar-refractivity contribution in [3.63, 3.8) is 0 Å². The van der Waals surface area contributed by atoms with E-state index in [1.807, 2.05) is 47.4 Å². The van der Waals surface area contributed by atoms with E-state index in [4.69, 9.17) is 15.2 Å². The number of carbonyl (C=O) groups is 1. The van der Waals surface area contributed by atoms with Gasteiger partial charge in [0.1, 0.15) is 17.3 Å². The summed E-state index contributed by atoms with van der Waals surface area (Å²) in [5.41, 5.74) is 8.43. The van der Waals surface area contributed by atoms with Crippen LogP contribution in [0.3, 0.4) is 0 Å². The minimum Gasteiger partial charge on any atom is -0.497 e. The summed E-state index contributed by atoms with van der Waals surface area (Å²) in [6, 6.07) is 13.0. The maximum atomic E-state index is 12.9. The molecular weight excluding hydrogens is 388 g/mol. The van der Waals surface area contributed by atoms with Crippen molar-refractivity contribution in [3.8, 4) is 11.5 Å². The molecule has 0 unspecified atom stereocenters. The molecule has 1 amide bonds. The number of amides is 1. The summed E-state index contributed by atoms with van der Waals surface area (Å²) in [5, 5.41) is 0. The topological polar surface area (TPSA) is 89.2 Å². The first-order valence-electron chi connectivity index (χ1n) is 9.60. The molecule has 0 radical (unpaired) electrons. The lowest BCUT2D eigenvalue weighted by Crippen LogP contribution is -2.41. The Bertz CT molecular complexity index is 917. The average molecular weight is 413 g/mol. The Labute approximate surface area is 174 Å². The highest BCUT2D eigenvalue weighted by Crippen LogP contribution is 2.32.